The largest absolute Gasteiger partial charge is 0.482 e. The maximum Gasteiger partial charge on any atom is 0.315 e. The van der Waals surface area contributed by atoms with Gasteiger partial charge in [0.2, 0.25) is 0 Å². The van der Waals surface area contributed by atoms with E-state index in [1.165, 1.54) is 0 Å². The van der Waals surface area contributed by atoms with E-state index in [1.54, 1.807) is 4.90 Å². The standard InChI is InChI=1S/C38H38ClN3O6S/c1-21-32-27(47-35(21)36(44)42-18-17-22-7-3-4-8-26(22)42)15-16-28-33(32)29(19-38(2,48-28)23-11-13-24(39)14-12-23)46-31(43)10-6-5-9-30-34-25(20-49-30)40-37(45)41-34/h3-4,7-8,11-16,25,29-30,34H,5-6,9-10,17-20H2,1-2H3,(H2,40,41,45). The van der Waals surface area contributed by atoms with Crippen molar-refractivity contribution in [2.24, 2.45) is 0 Å². The molecule has 2 fully saturated rings. The van der Waals surface area contributed by atoms with Crippen LogP contribution in [0.3, 0.4) is 0 Å². The van der Waals surface area contributed by atoms with Crippen molar-refractivity contribution in [1.82, 2.24) is 10.6 Å². The molecule has 11 heteroatoms. The van der Waals surface area contributed by atoms with Gasteiger partial charge in [0.05, 0.1) is 12.1 Å². The third-order valence-corrected chi connectivity index (χ3v) is 12.2. The highest BCUT2D eigenvalue weighted by Crippen LogP contribution is 2.50. The first-order valence-electron chi connectivity index (χ1n) is 17.0. The molecule has 254 valence electrons. The van der Waals surface area contributed by atoms with Crippen LogP contribution in [0, 0.1) is 6.92 Å². The second-order valence-electron chi connectivity index (χ2n) is 13.6. The Hall–Kier alpha value is -4.15. The minimum atomic E-state index is -0.804. The molecule has 1 aromatic heterocycles. The van der Waals surface area contributed by atoms with Crippen LogP contribution in [0.25, 0.3) is 11.0 Å². The lowest BCUT2D eigenvalue weighted by Gasteiger charge is -2.40. The highest BCUT2D eigenvalue weighted by atomic mass is 35.5. The Bertz CT molecular complexity index is 1960. The number of urea groups is 1. The van der Waals surface area contributed by atoms with E-state index in [1.807, 2.05) is 86.3 Å². The van der Waals surface area contributed by atoms with Gasteiger partial charge in [-0.05, 0) is 74.6 Å². The Labute approximate surface area is 294 Å². The third-order valence-electron chi connectivity index (χ3n) is 10.4. The van der Waals surface area contributed by atoms with Gasteiger partial charge in [0.25, 0.3) is 5.91 Å². The number of rotatable bonds is 8. The monoisotopic (exact) mass is 699 g/mol. The normalized spacial score (nSPS) is 25.3. The number of aryl methyl sites for hydroxylation is 1. The fourth-order valence-electron chi connectivity index (χ4n) is 7.93. The molecule has 4 aromatic rings. The minimum Gasteiger partial charge on any atom is -0.482 e. The van der Waals surface area contributed by atoms with E-state index < -0.39 is 11.7 Å². The maximum absolute atomic E-state index is 13.9. The minimum absolute atomic E-state index is 0.0916. The van der Waals surface area contributed by atoms with Gasteiger partial charge < -0.3 is 29.4 Å². The second-order valence-corrected chi connectivity index (χ2v) is 15.3. The van der Waals surface area contributed by atoms with Gasteiger partial charge in [0, 0.05) is 57.6 Å². The first-order valence-corrected chi connectivity index (χ1v) is 18.4. The lowest BCUT2D eigenvalue weighted by atomic mass is 9.83. The first-order chi connectivity index (χ1) is 23.7. The Kier molecular flexibility index (Phi) is 8.27. The van der Waals surface area contributed by atoms with E-state index in [0.717, 1.165) is 52.8 Å². The number of halogens is 1. The number of hydrogen-bond acceptors (Lipinski definition) is 7. The van der Waals surface area contributed by atoms with Crippen LogP contribution in [0.5, 0.6) is 5.75 Å². The maximum atomic E-state index is 13.9. The summed E-state index contributed by atoms with van der Waals surface area (Å²) in [6.07, 6.45) is 3.26. The van der Waals surface area contributed by atoms with E-state index in [4.69, 9.17) is 25.5 Å². The molecule has 0 radical (unpaired) electrons. The Morgan fingerprint density at radius 2 is 1.90 bits per heavy atom. The lowest BCUT2D eigenvalue weighted by Crippen LogP contribution is -2.37. The number of carbonyl (C=O) groups is 3. The molecular formula is C38H38ClN3O6S. The molecule has 4 aliphatic rings. The fourth-order valence-corrected chi connectivity index (χ4v) is 9.60. The van der Waals surface area contributed by atoms with Crippen molar-refractivity contribution in [1.29, 1.82) is 0 Å². The van der Waals surface area contributed by atoms with Gasteiger partial charge in [-0.3, -0.25) is 9.59 Å². The highest BCUT2D eigenvalue weighted by Gasteiger charge is 2.44. The van der Waals surface area contributed by atoms with E-state index in [-0.39, 0.29) is 42.2 Å². The molecule has 3 amide bonds. The molecule has 5 atom stereocenters. The summed E-state index contributed by atoms with van der Waals surface area (Å²) >= 11 is 8.09. The molecule has 3 aromatic carbocycles. The molecule has 4 aliphatic heterocycles. The number of unbranched alkanes of at least 4 members (excludes halogenated alkanes) is 1. The Morgan fingerprint density at radius 1 is 1.08 bits per heavy atom. The number of furan rings is 1. The number of amides is 3. The topological polar surface area (TPSA) is 110 Å². The Morgan fingerprint density at radius 3 is 2.73 bits per heavy atom. The molecule has 0 saturated carbocycles. The predicted octanol–water partition coefficient (Wildman–Crippen LogP) is 7.61. The first kappa shape index (κ1) is 32.1. The van der Waals surface area contributed by atoms with Gasteiger partial charge in [-0.25, -0.2) is 4.79 Å². The zero-order valence-electron chi connectivity index (χ0n) is 27.4. The zero-order valence-corrected chi connectivity index (χ0v) is 29.0. The summed E-state index contributed by atoms with van der Waals surface area (Å²) in [5.41, 5.74) is 4.11. The van der Waals surface area contributed by atoms with Crippen LogP contribution in [-0.2, 0) is 21.6 Å². The number of esters is 1. The lowest BCUT2D eigenvalue weighted by molar-refractivity contribution is -0.154. The number of anilines is 1. The summed E-state index contributed by atoms with van der Waals surface area (Å²) in [6.45, 7) is 4.47. The summed E-state index contributed by atoms with van der Waals surface area (Å²) in [5.74, 6) is 1.29. The third kappa shape index (κ3) is 5.82. The molecule has 8 rings (SSSR count). The molecular weight excluding hydrogens is 662 g/mol. The number of nitrogens with one attached hydrogen (secondary N) is 2. The van der Waals surface area contributed by atoms with Crippen molar-refractivity contribution in [3.05, 3.63) is 93.7 Å². The summed E-state index contributed by atoms with van der Waals surface area (Å²) in [5, 5.41) is 7.72. The molecule has 5 unspecified atom stereocenters. The number of fused-ring (bicyclic) bond motifs is 5. The number of para-hydroxylation sites is 1. The average Bonchev–Trinajstić information content (AvgIpc) is 3.86. The molecule has 49 heavy (non-hydrogen) atoms. The van der Waals surface area contributed by atoms with Crippen molar-refractivity contribution < 1.29 is 28.3 Å². The number of nitrogens with zero attached hydrogens (tertiary/aromatic N) is 1. The summed E-state index contributed by atoms with van der Waals surface area (Å²) in [7, 11) is 0. The van der Waals surface area contributed by atoms with Gasteiger partial charge in [-0.1, -0.05) is 48.4 Å². The highest BCUT2D eigenvalue weighted by molar-refractivity contribution is 8.00. The Balaban J connectivity index is 1.06. The number of hydrogen-bond donors (Lipinski definition) is 2. The second kappa shape index (κ2) is 12.6. The van der Waals surface area contributed by atoms with Crippen molar-refractivity contribution in [3.8, 4) is 5.75 Å². The number of ether oxygens (including phenoxy) is 2. The van der Waals surface area contributed by atoms with Crippen LogP contribution in [0.1, 0.15) is 77.9 Å². The van der Waals surface area contributed by atoms with Gasteiger partial charge in [-0.2, -0.15) is 11.8 Å². The molecule has 0 aliphatic carbocycles. The number of thioether (sulfide) groups is 1. The molecule has 2 saturated heterocycles. The average molecular weight is 700 g/mol. The smallest absolute Gasteiger partial charge is 0.315 e. The zero-order chi connectivity index (χ0) is 33.9. The van der Waals surface area contributed by atoms with Crippen molar-refractivity contribution in [2.45, 2.75) is 81.4 Å². The molecule has 0 spiro atoms. The quantitative estimate of drug-likeness (QED) is 0.111. The van der Waals surface area contributed by atoms with E-state index in [0.29, 0.717) is 46.6 Å². The van der Waals surface area contributed by atoms with Crippen molar-refractivity contribution in [3.63, 3.8) is 0 Å². The predicted molar refractivity (Wildman–Crippen MR) is 190 cm³/mol. The summed E-state index contributed by atoms with van der Waals surface area (Å²) < 4.78 is 19.4. The van der Waals surface area contributed by atoms with Gasteiger partial charge in [-0.15, -0.1) is 0 Å². The van der Waals surface area contributed by atoms with E-state index >= 15 is 0 Å². The van der Waals surface area contributed by atoms with Crippen molar-refractivity contribution in [2.75, 3.05) is 17.2 Å². The van der Waals surface area contributed by atoms with Gasteiger partial charge in [0.1, 0.15) is 23.0 Å². The molecule has 0 bridgehead atoms. The summed E-state index contributed by atoms with van der Waals surface area (Å²) in [4.78, 5) is 41.0. The SMILES string of the molecule is Cc1c(C(=O)N2CCc3ccccc32)oc2ccc3c(c12)C(OC(=O)CCCCC1SCC2NC(=O)NC21)CC(C)(c1ccc(Cl)cc1)O3. The van der Waals surface area contributed by atoms with Crippen LogP contribution in [0.2, 0.25) is 5.02 Å². The van der Waals surface area contributed by atoms with Crippen LogP contribution in [0.4, 0.5) is 10.5 Å². The van der Waals surface area contributed by atoms with Crippen LogP contribution in [0.15, 0.2) is 65.1 Å². The molecule has 2 N–H and O–H groups in total. The van der Waals surface area contributed by atoms with E-state index in [9.17, 15) is 14.4 Å². The van der Waals surface area contributed by atoms with Gasteiger partial charge >= 0.3 is 12.0 Å². The van der Waals surface area contributed by atoms with Crippen LogP contribution in [-0.4, -0.2) is 47.5 Å². The fraction of sp³-hybridized carbons (Fsp3) is 0.395. The number of benzene rings is 3. The van der Waals surface area contributed by atoms with Gasteiger partial charge in [0.15, 0.2) is 5.76 Å². The molecule has 9 nitrogen and oxygen atoms in total. The summed E-state index contributed by atoms with van der Waals surface area (Å²) in [6, 6.07) is 19.4. The van der Waals surface area contributed by atoms with Crippen LogP contribution >= 0.6 is 23.4 Å². The molecule has 5 heterocycles. The van der Waals surface area contributed by atoms with Crippen molar-refractivity contribution >= 4 is 57.9 Å². The van der Waals surface area contributed by atoms with E-state index in [2.05, 4.69) is 10.6 Å². The number of carbonyl (C=O) groups excluding carboxylic acids is 3. The van der Waals surface area contributed by atoms with Crippen LogP contribution < -0.4 is 20.3 Å².